The molecule has 0 fully saturated rings. The molecule has 1 aromatic heterocycles. The predicted molar refractivity (Wildman–Crippen MR) is 58.2 cm³/mol. The maximum atomic E-state index is 3.90. The third-order valence-corrected chi connectivity index (χ3v) is 1.43. The van der Waals surface area contributed by atoms with Crippen LogP contribution in [0.4, 0.5) is 0 Å². The Morgan fingerprint density at radius 2 is 2.23 bits per heavy atom. The molecule has 3 nitrogen and oxygen atoms in total. The molecular formula is C10H17N3. The van der Waals surface area contributed by atoms with Crippen LogP contribution in [0.5, 0.6) is 0 Å². The van der Waals surface area contributed by atoms with E-state index in [9.17, 15) is 0 Å². The van der Waals surface area contributed by atoms with Gasteiger partial charge in [0.15, 0.2) is 0 Å². The second-order valence-corrected chi connectivity index (χ2v) is 2.34. The minimum Gasteiger partial charge on any atom is -0.296 e. The second-order valence-electron chi connectivity index (χ2n) is 2.34. The van der Waals surface area contributed by atoms with Crippen molar-refractivity contribution in [1.29, 1.82) is 0 Å². The molecule has 0 aromatic carbocycles. The Labute approximate surface area is 78.9 Å². The van der Waals surface area contributed by atoms with Crippen molar-refractivity contribution in [2.24, 2.45) is 4.99 Å². The zero-order chi connectivity index (χ0) is 10.3. The van der Waals surface area contributed by atoms with Gasteiger partial charge in [0, 0.05) is 18.5 Å². The minimum absolute atomic E-state index is 0.905. The van der Waals surface area contributed by atoms with Gasteiger partial charge in [-0.15, -0.1) is 0 Å². The highest BCUT2D eigenvalue weighted by atomic mass is 15.1. The zero-order valence-corrected chi connectivity index (χ0v) is 8.76. The molecule has 0 bridgehead atoms. The number of hydrogen-bond acceptors (Lipinski definition) is 2. The summed E-state index contributed by atoms with van der Waals surface area (Å²) in [6, 6.07) is 0. The van der Waals surface area contributed by atoms with Crippen LogP contribution in [0.2, 0.25) is 0 Å². The number of aromatic nitrogens is 2. The van der Waals surface area contributed by atoms with E-state index in [0.717, 1.165) is 16.1 Å². The summed E-state index contributed by atoms with van der Waals surface area (Å²) in [6.45, 7) is 9.78. The van der Waals surface area contributed by atoms with Crippen molar-refractivity contribution < 1.29 is 0 Å². The lowest BCUT2D eigenvalue weighted by atomic mass is 10.3. The number of aliphatic imine (C=N–C) groups is 1. The van der Waals surface area contributed by atoms with Crippen molar-refractivity contribution in [2.75, 3.05) is 7.05 Å². The minimum atomic E-state index is 0.905. The van der Waals surface area contributed by atoms with E-state index in [1.807, 2.05) is 20.8 Å². The Morgan fingerprint density at radius 1 is 1.62 bits per heavy atom. The lowest BCUT2D eigenvalue weighted by Gasteiger charge is -1.84. The largest absolute Gasteiger partial charge is 0.296 e. The highest BCUT2D eigenvalue weighted by Gasteiger charge is 1.88. The van der Waals surface area contributed by atoms with Gasteiger partial charge in [-0.25, -0.2) is 0 Å². The molecule has 72 valence electrons. The Kier molecular flexibility index (Phi) is 5.52. The number of nitrogens with zero attached hydrogens (tertiary/aromatic N) is 2. The van der Waals surface area contributed by atoms with Crippen LogP contribution in [0.1, 0.15) is 20.8 Å². The lowest BCUT2D eigenvalue weighted by molar-refractivity contribution is 1.06. The van der Waals surface area contributed by atoms with Crippen molar-refractivity contribution in [3.05, 3.63) is 16.8 Å². The molecule has 0 aliphatic carbocycles. The van der Waals surface area contributed by atoms with Gasteiger partial charge in [0.05, 0.1) is 11.5 Å². The van der Waals surface area contributed by atoms with E-state index in [2.05, 4.69) is 21.8 Å². The molecule has 0 aliphatic rings. The van der Waals surface area contributed by atoms with Crippen LogP contribution >= 0.6 is 0 Å². The standard InChI is InChI=1S/C8H11N3.C2H6/c1-6(4-9-3)8-7(2)5-10-11-8;1-2/h4-5,11H,2H2,1,3H3;1-2H3/b8-6+,9-4?;. The first-order chi connectivity index (χ1) is 6.25. The fourth-order valence-electron chi connectivity index (χ4n) is 0.911. The van der Waals surface area contributed by atoms with Gasteiger partial charge in [-0.05, 0) is 12.5 Å². The molecule has 3 heteroatoms. The van der Waals surface area contributed by atoms with Crippen LogP contribution in [0, 0.1) is 0 Å². The van der Waals surface area contributed by atoms with E-state index < -0.39 is 0 Å². The van der Waals surface area contributed by atoms with Crippen molar-refractivity contribution in [2.45, 2.75) is 20.8 Å². The summed E-state index contributed by atoms with van der Waals surface area (Å²) < 4.78 is 0. The maximum absolute atomic E-state index is 3.90. The van der Waals surface area contributed by atoms with Gasteiger partial charge in [-0.2, -0.15) is 5.10 Å². The number of H-pyrrole nitrogens is 1. The quantitative estimate of drug-likeness (QED) is 0.634. The molecular weight excluding hydrogens is 162 g/mol. The molecule has 0 atom stereocenters. The molecule has 0 amide bonds. The second kappa shape index (κ2) is 6.17. The fourth-order valence-corrected chi connectivity index (χ4v) is 0.911. The number of rotatable bonds is 1. The van der Waals surface area contributed by atoms with Gasteiger partial charge in [-0.3, -0.25) is 10.1 Å². The van der Waals surface area contributed by atoms with Crippen LogP contribution in [0.25, 0.3) is 12.2 Å². The molecule has 0 unspecified atom stereocenters. The molecule has 0 aliphatic heterocycles. The van der Waals surface area contributed by atoms with E-state index in [1.54, 1.807) is 19.5 Å². The van der Waals surface area contributed by atoms with Crippen LogP contribution < -0.4 is 10.6 Å². The third-order valence-electron chi connectivity index (χ3n) is 1.43. The molecule has 13 heavy (non-hydrogen) atoms. The SMILES string of the molecule is C=c1cn[nH]/c1=C(\C)C=NC.CC. The Bertz CT molecular complexity index is 360. The van der Waals surface area contributed by atoms with Gasteiger partial charge < -0.3 is 0 Å². The van der Waals surface area contributed by atoms with Gasteiger partial charge in [0.25, 0.3) is 0 Å². The Balaban J connectivity index is 0.000000671. The molecule has 0 saturated carbocycles. The molecule has 0 radical (unpaired) electrons. The normalized spacial score (nSPS) is 12.3. The first kappa shape index (κ1) is 11.6. The molecule has 0 saturated heterocycles. The Hall–Kier alpha value is -1.38. The summed E-state index contributed by atoms with van der Waals surface area (Å²) in [4.78, 5) is 3.90. The van der Waals surface area contributed by atoms with Crippen molar-refractivity contribution >= 4 is 18.4 Å². The van der Waals surface area contributed by atoms with E-state index in [-0.39, 0.29) is 0 Å². The Morgan fingerprint density at radius 3 is 2.62 bits per heavy atom. The monoisotopic (exact) mass is 179 g/mol. The zero-order valence-electron chi connectivity index (χ0n) is 8.76. The summed E-state index contributed by atoms with van der Waals surface area (Å²) in [6.07, 6.45) is 3.48. The summed E-state index contributed by atoms with van der Waals surface area (Å²) in [5.41, 5.74) is 1.05. The maximum Gasteiger partial charge on any atom is 0.0688 e. The van der Waals surface area contributed by atoms with E-state index in [0.29, 0.717) is 0 Å². The lowest BCUT2D eigenvalue weighted by Crippen LogP contribution is -2.23. The topological polar surface area (TPSA) is 41.0 Å². The summed E-state index contributed by atoms with van der Waals surface area (Å²) >= 11 is 0. The van der Waals surface area contributed by atoms with Gasteiger partial charge in [0.1, 0.15) is 0 Å². The van der Waals surface area contributed by atoms with Crippen molar-refractivity contribution in [3.63, 3.8) is 0 Å². The fraction of sp³-hybridized carbons (Fsp3) is 0.400. The van der Waals surface area contributed by atoms with Crippen molar-refractivity contribution in [1.82, 2.24) is 10.2 Å². The first-order valence-electron chi connectivity index (χ1n) is 4.37. The van der Waals surface area contributed by atoms with Gasteiger partial charge >= 0.3 is 0 Å². The van der Waals surface area contributed by atoms with Crippen LogP contribution in [0.3, 0.4) is 0 Å². The van der Waals surface area contributed by atoms with Gasteiger partial charge in [-0.1, -0.05) is 20.4 Å². The van der Waals surface area contributed by atoms with E-state index in [1.165, 1.54) is 0 Å². The predicted octanol–water partition coefficient (Wildman–Crippen LogP) is 0.717. The molecule has 1 heterocycles. The highest BCUT2D eigenvalue weighted by Crippen LogP contribution is 1.79. The van der Waals surface area contributed by atoms with Crippen LogP contribution in [-0.4, -0.2) is 23.5 Å². The summed E-state index contributed by atoms with van der Waals surface area (Å²) in [5.74, 6) is 0. The average Bonchev–Trinajstić information content (AvgIpc) is 2.55. The summed E-state index contributed by atoms with van der Waals surface area (Å²) in [5, 5.41) is 8.56. The highest BCUT2D eigenvalue weighted by molar-refractivity contribution is 6.00. The van der Waals surface area contributed by atoms with Crippen LogP contribution in [0.15, 0.2) is 11.2 Å². The number of aromatic amines is 1. The van der Waals surface area contributed by atoms with E-state index in [4.69, 9.17) is 0 Å². The summed E-state index contributed by atoms with van der Waals surface area (Å²) in [7, 11) is 1.74. The van der Waals surface area contributed by atoms with Crippen LogP contribution in [-0.2, 0) is 0 Å². The molecule has 1 rings (SSSR count). The first-order valence-corrected chi connectivity index (χ1v) is 4.37. The molecule has 0 spiro atoms. The van der Waals surface area contributed by atoms with Gasteiger partial charge in [0.2, 0.25) is 0 Å². The number of nitrogens with one attached hydrogen (secondary N) is 1. The third kappa shape index (κ3) is 3.23. The molecule has 1 N–H and O–H groups in total. The molecule has 1 aromatic rings. The number of hydrogen-bond donors (Lipinski definition) is 1. The van der Waals surface area contributed by atoms with Crippen molar-refractivity contribution in [3.8, 4) is 0 Å². The average molecular weight is 179 g/mol. The van der Waals surface area contributed by atoms with E-state index >= 15 is 0 Å². The smallest absolute Gasteiger partial charge is 0.0688 e.